The van der Waals surface area contributed by atoms with E-state index in [0.29, 0.717) is 5.92 Å². The average molecular weight is 217 g/mol. The van der Waals surface area contributed by atoms with Crippen LogP contribution >= 0.6 is 0 Å². The topological polar surface area (TPSA) is 23.8 Å². The van der Waals surface area contributed by atoms with Crippen molar-refractivity contribution in [3.05, 3.63) is 35.5 Å². The predicted molar refractivity (Wildman–Crippen MR) is 71.0 cm³/mol. The van der Waals surface area contributed by atoms with Gasteiger partial charge in [0.25, 0.3) is 0 Å². The Kier molecular flexibility index (Phi) is 6.49. The zero-order valence-electron chi connectivity index (χ0n) is 11.1. The van der Waals surface area contributed by atoms with Gasteiger partial charge in [-0.05, 0) is 42.9 Å². The highest BCUT2D eigenvalue weighted by Gasteiger charge is 2.14. The predicted octanol–water partition coefficient (Wildman–Crippen LogP) is 4.79. The monoisotopic (exact) mass is 217 g/mol. The van der Waals surface area contributed by atoms with E-state index in [-0.39, 0.29) is 0 Å². The van der Waals surface area contributed by atoms with E-state index in [1.54, 1.807) is 0 Å². The summed E-state index contributed by atoms with van der Waals surface area (Å²) in [6, 6.07) is 2.33. The second kappa shape index (κ2) is 7.06. The lowest BCUT2D eigenvalue weighted by atomic mass is 9.87. The lowest BCUT2D eigenvalue weighted by Crippen LogP contribution is -2.03. The Morgan fingerprint density at radius 2 is 1.75 bits per heavy atom. The summed E-state index contributed by atoms with van der Waals surface area (Å²) < 4.78 is 0. The molecule has 0 aromatic rings. The van der Waals surface area contributed by atoms with E-state index in [0.717, 1.165) is 35.1 Å². The molecular weight excluding hydrogens is 194 g/mol. The summed E-state index contributed by atoms with van der Waals surface area (Å²) in [5, 5.41) is 9.27. The molecule has 0 N–H and O–H groups in total. The molecule has 0 aliphatic rings. The first kappa shape index (κ1) is 14.7. The molecular formula is C15H23N. The molecule has 0 rings (SSSR count). The zero-order valence-corrected chi connectivity index (χ0v) is 11.1. The molecule has 0 aromatic heterocycles. The lowest BCUT2D eigenvalue weighted by molar-refractivity contribution is 0.580. The Labute approximate surface area is 100 Å². The van der Waals surface area contributed by atoms with Crippen LogP contribution in [0.3, 0.4) is 0 Å². The second-order valence-electron chi connectivity index (χ2n) is 4.50. The highest BCUT2D eigenvalue weighted by molar-refractivity contribution is 5.50. The van der Waals surface area contributed by atoms with Crippen LogP contribution in [0.1, 0.15) is 47.0 Å². The maximum Gasteiger partial charge on any atom is 0.0956 e. The quantitative estimate of drug-likeness (QED) is 0.464. The van der Waals surface area contributed by atoms with E-state index in [9.17, 15) is 5.26 Å². The average Bonchev–Trinajstić information content (AvgIpc) is 2.20. The van der Waals surface area contributed by atoms with E-state index in [2.05, 4.69) is 33.1 Å². The van der Waals surface area contributed by atoms with Gasteiger partial charge in [0.1, 0.15) is 0 Å². The fourth-order valence-electron chi connectivity index (χ4n) is 1.89. The molecule has 0 spiro atoms. The summed E-state index contributed by atoms with van der Waals surface area (Å²) in [7, 11) is 0. The summed E-state index contributed by atoms with van der Waals surface area (Å²) in [5.74, 6) is 0.299. The van der Waals surface area contributed by atoms with E-state index in [1.807, 2.05) is 13.8 Å². The number of rotatable bonds is 6. The Morgan fingerprint density at radius 3 is 2.06 bits per heavy atom. The van der Waals surface area contributed by atoms with Crippen molar-refractivity contribution in [2.24, 2.45) is 5.92 Å². The van der Waals surface area contributed by atoms with Crippen molar-refractivity contribution in [3.8, 4) is 6.07 Å². The van der Waals surface area contributed by atoms with Crippen molar-refractivity contribution >= 4 is 0 Å². The lowest BCUT2D eigenvalue weighted by Gasteiger charge is -2.16. The smallest absolute Gasteiger partial charge is 0.0956 e. The van der Waals surface area contributed by atoms with Gasteiger partial charge in [-0.3, -0.25) is 0 Å². The number of hydrogen-bond donors (Lipinski definition) is 0. The Balaban J connectivity index is 5.19. The van der Waals surface area contributed by atoms with Gasteiger partial charge in [-0.1, -0.05) is 39.8 Å². The van der Waals surface area contributed by atoms with Crippen LogP contribution in [0.15, 0.2) is 35.5 Å². The van der Waals surface area contributed by atoms with Crippen LogP contribution in [-0.4, -0.2) is 0 Å². The summed E-state index contributed by atoms with van der Waals surface area (Å²) in [4.78, 5) is 0. The Hall–Kier alpha value is -1.29. The Morgan fingerprint density at radius 1 is 1.25 bits per heavy atom. The molecule has 0 aliphatic heterocycles. The van der Waals surface area contributed by atoms with Crippen LogP contribution in [0, 0.1) is 17.2 Å². The highest BCUT2D eigenvalue weighted by Crippen LogP contribution is 2.27. The third kappa shape index (κ3) is 4.06. The molecule has 0 heterocycles. The summed E-state index contributed by atoms with van der Waals surface area (Å²) in [5.41, 5.74) is 3.68. The molecule has 1 atom stereocenters. The van der Waals surface area contributed by atoms with Crippen LogP contribution in [-0.2, 0) is 0 Å². The zero-order chi connectivity index (χ0) is 12.7. The summed E-state index contributed by atoms with van der Waals surface area (Å²) >= 11 is 0. The molecule has 1 unspecified atom stereocenters. The maximum absolute atomic E-state index is 9.27. The van der Waals surface area contributed by atoms with Crippen LogP contribution in [0.2, 0.25) is 0 Å². The van der Waals surface area contributed by atoms with Crippen LogP contribution < -0.4 is 0 Å². The fraction of sp³-hybridized carbons (Fsp3) is 0.533. The molecule has 1 heteroatoms. The fourth-order valence-corrected chi connectivity index (χ4v) is 1.89. The molecule has 16 heavy (non-hydrogen) atoms. The normalized spacial score (nSPS) is 11.4. The highest BCUT2D eigenvalue weighted by atomic mass is 14.3. The third-order valence-electron chi connectivity index (χ3n) is 2.73. The van der Waals surface area contributed by atoms with Crippen LogP contribution in [0.25, 0.3) is 0 Å². The van der Waals surface area contributed by atoms with Crippen molar-refractivity contribution in [2.45, 2.75) is 47.0 Å². The van der Waals surface area contributed by atoms with Gasteiger partial charge in [-0.25, -0.2) is 0 Å². The molecule has 88 valence electrons. The van der Waals surface area contributed by atoms with Gasteiger partial charge in [0, 0.05) is 5.57 Å². The van der Waals surface area contributed by atoms with Crippen molar-refractivity contribution in [2.75, 3.05) is 0 Å². The van der Waals surface area contributed by atoms with Gasteiger partial charge >= 0.3 is 0 Å². The molecule has 1 nitrogen and oxygen atoms in total. The number of nitrogens with zero attached hydrogens (tertiary/aromatic N) is 1. The van der Waals surface area contributed by atoms with Crippen molar-refractivity contribution in [3.63, 3.8) is 0 Å². The van der Waals surface area contributed by atoms with E-state index in [4.69, 9.17) is 0 Å². The summed E-state index contributed by atoms with van der Waals surface area (Å²) in [6.45, 7) is 16.0. The van der Waals surface area contributed by atoms with Crippen molar-refractivity contribution in [1.29, 1.82) is 5.26 Å². The minimum absolute atomic E-state index is 0.299. The molecule has 0 aromatic carbocycles. The second-order valence-corrected chi connectivity index (χ2v) is 4.50. The molecule has 0 bridgehead atoms. The van der Waals surface area contributed by atoms with E-state index >= 15 is 0 Å². The van der Waals surface area contributed by atoms with Crippen molar-refractivity contribution in [1.82, 2.24) is 0 Å². The van der Waals surface area contributed by atoms with Gasteiger partial charge in [0.15, 0.2) is 0 Å². The Bertz CT molecular complexity index is 323. The maximum atomic E-state index is 9.27. The molecule has 0 saturated heterocycles. The standard InChI is InChI=1S/C15H23N/c1-7-8-9-13(6)14(10-16)15(11(2)3)12(4)5/h13H,2,4,7-9H2,1,3,5-6H3. The molecule has 0 fully saturated rings. The third-order valence-corrected chi connectivity index (χ3v) is 2.73. The van der Waals surface area contributed by atoms with E-state index in [1.165, 1.54) is 6.42 Å². The van der Waals surface area contributed by atoms with Gasteiger partial charge < -0.3 is 0 Å². The molecule has 0 radical (unpaired) electrons. The minimum Gasteiger partial charge on any atom is -0.193 e. The number of allylic oxidation sites excluding steroid dienone is 4. The first-order valence-corrected chi connectivity index (χ1v) is 5.91. The number of unbranched alkanes of at least 4 members (excludes halogenated alkanes) is 1. The number of nitriles is 1. The van der Waals surface area contributed by atoms with Gasteiger partial charge in [0.05, 0.1) is 6.07 Å². The first-order chi connectivity index (χ1) is 7.45. The SMILES string of the molecule is C=C(C)C(C(=C)C)=C(C#N)C(C)CCCC. The molecule has 0 amide bonds. The number of hydrogen-bond acceptors (Lipinski definition) is 1. The largest absolute Gasteiger partial charge is 0.193 e. The van der Waals surface area contributed by atoms with Crippen LogP contribution in [0.5, 0.6) is 0 Å². The molecule has 0 saturated carbocycles. The van der Waals surface area contributed by atoms with E-state index < -0.39 is 0 Å². The van der Waals surface area contributed by atoms with Crippen LogP contribution in [0.4, 0.5) is 0 Å². The van der Waals surface area contributed by atoms with Gasteiger partial charge in [-0.15, -0.1) is 0 Å². The first-order valence-electron chi connectivity index (χ1n) is 5.91. The minimum atomic E-state index is 0.299. The van der Waals surface area contributed by atoms with Crippen molar-refractivity contribution < 1.29 is 0 Å². The summed E-state index contributed by atoms with van der Waals surface area (Å²) in [6.07, 6.45) is 3.38. The van der Waals surface area contributed by atoms with Gasteiger partial charge in [0.2, 0.25) is 0 Å². The van der Waals surface area contributed by atoms with Gasteiger partial charge in [-0.2, -0.15) is 5.26 Å². The molecule has 0 aliphatic carbocycles.